The Morgan fingerprint density at radius 2 is 2.29 bits per heavy atom. The lowest BCUT2D eigenvalue weighted by Gasteiger charge is -2.32. The maximum atomic E-state index is 11.4. The molecule has 0 fully saturated rings. The van der Waals surface area contributed by atoms with Gasteiger partial charge in [-0.05, 0) is 31.8 Å². The van der Waals surface area contributed by atoms with Crippen molar-refractivity contribution in [3.8, 4) is 0 Å². The Morgan fingerprint density at radius 1 is 1.41 bits per heavy atom. The van der Waals surface area contributed by atoms with Crippen LogP contribution in [0.1, 0.15) is 32.1 Å². The molecule has 0 radical (unpaired) electrons. The van der Waals surface area contributed by atoms with Crippen molar-refractivity contribution in [2.75, 3.05) is 0 Å². The molecule has 17 heavy (non-hydrogen) atoms. The SMILES string of the molecule is C=CC(=O)OC1=CC=CCC12C=CCCCC2. The molecule has 2 nitrogen and oxygen atoms in total. The Labute approximate surface area is 102 Å². The zero-order valence-corrected chi connectivity index (χ0v) is 10.0. The molecule has 0 N–H and O–H groups in total. The molecule has 0 aliphatic heterocycles. The summed E-state index contributed by atoms with van der Waals surface area (Å²) in [6, 6.07) is 0. The Bertz CT molecular complexity index is 401. The summed E-state index contributed by atoms with van der Waals surface area (Å²) in [7, 11) is 0. The third kappa shape index (κ3) is 2.57. The van der Waals surface area contributed by atoms with Crippen molar-refractivity contribution in [3.05, 3.63) is 48.8 Å². The van der Waals surface area contributed by atoms with Crippen molar-refractivity contribution in [2.45, 2.75) is 32.1 Å². The molecule has 2 aliphatic rings. The van der Waals surface area contributed by atoms with E-state index in [4.69, 9.17) is 4.74 Å². The third-order valence-corrected chi connectivity index (χ3v) is 3.41. The predicted octanol–water partition coefficient (Wildman–Crippen LogP) is 3.68. The fourth-order valence-electron chi connectivity index (χ4n) is 2.46. The number of carbonyl (C=O) groups is 1. The highest BCUT2D eigenvalue weighted by molar-refractivity contribution is 5.82. The second kappa shape index (κ2) is 5.17. The number of carbonyl (C=O) groups excluding carboxylic acids is 1. The van der Waals surface area contributed by atoms with Crippen LogP contribution < -0.4 is 0 Å². The Kier molecular flexibility index (Phi) is 3.62. The standard InChI is InChI=1S/C15H18O2/c1-2-14(16)17-13-9-5-8-12-15(13)10-6-3-4-7-11-15/h2,5-6,8-10H,1,3-4,7,11-12H2. The molecule has 0 saturated heterocycles. The highest BCUT2D eigenvalue weighted by atomic mass is 16.5. The molecular formula is C15H18O2. The van der Waals surface area contributed by atoms with Crippen LogP contribution in [-0.4, -0.2) is 5.97 Å². The molecule has 2 heteroatoms. The second-order valence-corrected chi connectivity index (χ2v) is 4.59. The molecule has 1 unspecified atom stereocenters. The van der Waals surface area contributed by atoms with E-state index in [1.54, 1.807) is 0 Å². The molecule has 1 atom stereocenters. The van der Waals surface area contributed by atoms with Crippen LogP contribution in [-0.2, 0) is 9.53 Å². The van der Waals surface area contributed by atoms with Crippen molar-refractivity contribution >= 4 is 5.97 Å². The summed E-state index contributed by atoms with van der Waals surface area (Å²) in [6.07, 6.45) is 17.1. The van der Waals surface area contributed by atoms with Gasteiger partial charge >= 0.3 is 5.97 Å². The van der Waals surface area contributed by atoms with Gasteiger partial charge in [-0.25, -0.2) is 4.79 Å². The predicted molar refractivity (Wildman–Crippen MR) is 68.2 cm³/mol. The van der Waals surface area contributed by atoms with Gasteiger partial charge in [0.05, 0.1) is 0 Å². The lowest BCUT2D eigenvalue weighted by atomic mass is 9.76. The van der Waals surface area contributed by atoms with Crippen LogP contribution in [0.5, 0.6) is 0 Å². The minimum Gasteiger partial charge on any atom is -0.427 e. The molecule has 0 aromatic rings. The summed E-state index contributed by atoms with van der Waals surface area (Å²) >= 11 is 0. The number of esters is 1. The van der Waals surface area contributed by atoms with Gasteiger partial charge in [0.2, 0.25) is 0 Å². The van der Waals surface area contributed by atoms with E-state index in [1.807, 2.05) is 12.2 Å². The summed E-state index contributed by atoms with van der Waals surface area (Å²) in [4.78, 5) is 11.4. The van der Waals surface area contributed by atoms with Gasteiger partial charge in [-0.15, -0.1) is 0 Å². The van der Waals surface area contributed by atoms with Crippen LogP contribution >= 0.6 is 0 Å². The van der Waals surface area contributed by atoms with E-state index in [9.17, 15) is 4.79 Å². The molecule has 1 spiro atoms. The van der Waals surface area contributed by atoms with Crippen LogP contribution in [0, 0.1) is 5.41 Å². The van der Waals surface area contributed by atoms with E-state index in [0.29, 0.717) is 0 Å². The topological polar surface area (TPSA) is 26.3 Å². The minimum absolute atomic E-state index is 0.107. The van der Waals surface area contributed by atoms with E-state index in [2.05, 4.69) is 24.8 Å². The summed E-state index contributed by atoms with van der Waals surface area (Å²) in [6.45, 7) is 3.44. The van der Waals surface area contributed by atoms with Crippen molar-refractivity contribution < 1.29 is 9.53 Å². The fraction of sp³-hybridized carbons (Fsp3) is 0.400. The molecule has 0 saturated carbocycles. The first-order valence-electron chi connectivity index (χ1n) is 6.16. The maximum absolute atomic E-state index is 11.4. The molecular weight excluding hydrogens is 212 g/mol. The average Bonchev–Trinajstić information content (AvgIpc) is 2.58. The molecule has 0 heterocycles. The van der Waals surface area contributed by atoms with Crippen LogP contribution in [0.3, 0.4) is 0 Å². The smallest absolute Gasteiger partial charge is 0.335 e. The van der Waals surface area contributed by atoms with E-state index < -0.39 is 0 Å². The van der Waals surface area contributed by atoms with Gasteiger partial charge in [0.1, 0.15) is 5.76 Å². The van der Waals surface area contributed by atoms with Crippen LogP contribution in [0.25, 0.3) is 0 Å². The van der Waals surface area contributed by atoms with Crippen LogP contribution in [0.4, 0.5) is 0 Å². The van der Waals surface area contributed by atoms with E-state index in [1.165, 1.54) is 18.9 Å². The minimum atomic E-state index is -0.372. The molecule has 0 amide bonds. The van der Waals surface area contributed by atoms with E-state index >= 15 is 0 Å². The maximum Gasteiger partial charge on any atom is 0.335 e. The number of rotatable bonds is 2. The molecule has 0 aromatic heterocycles. The average molecular weight is 230 g/mol. The summed E-state index contributed by atoms with van der Waals surface area (Å²) < 4.78 is 5.39. The first kappa shape index (κ1) is 11.9. The first-order valence-corrected chi connectivity index (χ1v) is 6.16. The lowest BCUT2D eigenvalue weighted by Crippen LogP contribution is -2.24. The monoisotopic (exact) mass is 230 g/mol. The lowest BCUT2D eigenvalue weighted by molar-refractivity contribution is -0.135. The van der Waals surface area contributed by atoms with Crippen LogP contribution in [0.15, 0.2) is 48.8 Å². The zero-order valence-electron chi connectivity index (χ0n) is 10.0. The summed E-state index contributed by atoms with van der Waals surface area (Å²) in [5, 5.41) is 0. The number of ether oxygens (including phenoxy) is 1. The highest BCUT2D eigenvalue weighted by Gasteiger charge is 2.34. The Balaban J connectivity index is 2.25. The van der Waals surface area contributed by atoms with Gasteiger partial charge in [-0.3, -0.25) is 0 Å². The van der Waals surface area contributed by atoms with Gasteiger partial charge in [0.25, 0.3) is 0 Å². The van der Waals surface area contributed by atoms with E-state index in [0.717, 1.165) is 25.0 Å². The number of hydrogen-bond donors (Lipinski definition) is 0. The third-order valence-electron chi connectivity index (χ3n) is 3.41. The van der Waals surface area contributed by atoms with E-state index in [-0.39, 0.29) is 11.4 Å². The zero-order chi connectivity index (χ0) is 12.1. The van der Waals surface area contributed by atoms with Crippen molar-refractivity contribution in [2.24, 2.45) is 5.41 Å². The Hall–Kier alpha value is -1.57. The first-order chi connectivity index (χ1) is 8.27. The highest BCUT2D eigenvalue weighted by Crippen LogP contribution is 2.43. The summed E-state index contributed by atoms with van der Waals surface area (Å²) in [5.41, 5.74) is -0.107. The molecule has 2 aliphatic carbocycles. The number of hydrogen-bond acceptors (Lipinski definition) is 2. The molecule has 2 rings (SSSR count). The van der Waals surface area contributed by atoms with Crippen molar-refractivity contribution in [1.82, 2.24) is 0 Å². The van der Waals surface area contributed by atoms with Gasteiger partial charge in [0.15, 0.2) is 0 Å². The summed E-state index contributed by atoms with van der Waals surface area (Å²) in [5.74, 6) is 0.395. The largest absolute Gasteiger partial charge is 0.427 e. The quantitative estimate of drug-likeness (QED) is 0.411. The van der Waals surface area contributed by atoms with Gasteiger partial charge in [0, 0.05) is 11.5 Å². The van der Waals surface area contributed by atoms with Crippen molar-refractivity contribution in [3.63, 3.8) is 0 Å². The normalized spacial score (nSPS) is 27.4. The molecule has 0 aromatic carbocycles. The van der Waals surface area contributed by atoms with Gasteiger partial charge in [-0.2, -0.15) is 0 Å². The fourth-order valence-corrected chi connectivity index (χ4v) is 2.46. The number of allylic oxidation sites excluding steroid dienone is 5. The van der Waals surface area contributed by atoms with Crippen molar-refractivity contribution in [1.29, 1.82) is 0 Å². The van der Waals surface area contributed by atoms with Gasteiger partial charge in [-0.1, -0.05) is 37.3 Å². The molecule has 90 valence electrons. The Morgan fingerprint density at radius 3 is 3.12 bits per heavy atom. The van der Waals surface area contributed by atoms with Crippen LogP contribution in [0.2, 0.25) is 0 Å². The molecule has 0 bridgehead atoms. The second-order valence-electron chi connectivity index (χ2n) is 4.59. The van der Waals surface area contributed by atoms with Gasteiger partial charge < -0.3 is 4.74 Å².